The zero-order valence-electron chi connectivity index (χ0n) is 12.5. The Hall–Kier alpha value is -2.02. The maximum Gasteiger partial charge on any atom is 0.412 e. The van der Waals surface area contributed by atoms with Crippen LogP contribution in [0.15, 0.2) is 18.2 Å². The van der Waals surface area contributed by atoms with E-state index in [1.165, 1.54) is 18.2 Å². The van der Waals surface area contributed by atoms with Crippen LogP contribution in [0.5, 0.6) is 0 Å². The molecule has 1 aromatic rings. The summed E-state index contributed by atoms with van der Waals surface area (Å²) in [5.41, 5.74) is -0.326. The number of ether oxygens (including phenoxy) is 1. The Morgan fingerprint density at radius 1 is 1.30 bits per heavy atom. The highest BCUT2D eigenvalue weighted by Gasteiger charge is 2.24. The maximum absolute atomic E-state index is 13.4. The highest BCUT2D eigenvalue weighted by Crippen LogP contribution is 2.30. The van der Waals surface area contributed by atoms with Crippen molar-refractivity contribution in [3.05, 3.63) is 29.6 Å². The molecule has 0 saturated heterocycles. The van der Waals surface area contributed by atoms with Crippen molar-refractivity contribution in [2.75, 3.05) is 5.32 Å². The van der Waals surface area contributed by atoms with Crippen LogP contribution in [0.25, 0.3) is 0 Å². The molecule has 20 heavy (non-hydrogen) atoms. The van der Waals surface area contributed by atoms with E-state index in [0.717, 1.165) is 0 Å². The molecule has 0 aliphatic rings. The Bertz CT molecular complexity index is 551. The minimum atomic E-state index is -0.702. The topological polar surface area (TPSA) is 38.3 Å². The van der Waals surface area contributed by atoms with Crippen molar-refractivity contribution < 1.29 is 13.9 Å². The second-order valence-corrected chi connectivity index (χ2v) is 6.09. The van der Waals surface area contributed by atoms with Crippen LogP contribution in [0.4, 0.5) is 14.9 Å². The van der Waals surface area contributed by atoms with E-state index in [0.29, 0.717) is 11.3 Å². The van der Waals surface area contributed by atoms with E-state index >= 15 is 0 Å². The molecule has 0 radical (unpaired) electrons. The van der Waals surface area contributed by atoms with Gasteiger partial charge in [-0.05, 0) is 58.4 Å². The summed E-state index contributed by atoms with van der Waals surface area (Å²) in [6, 6.07) is 4.07. The Morgan fingerprint density at radius 2 is 1.90 bits per heavy atom. The van der Waals surface area contributed by atoms with Gasteiger partial charge in [-0.3, -0.25) is 5.32 Å². The fraction of sp³-hybridized carbons (Fsp3) is 0.438. The zero-order valence-corrected chi connectivity index (χ0v) is 12.5. The summed E-state index contributed by atoms with van der Waals surface area (Å²) in [6.07, 6.45) is 4.87. The van der Waals surface area contributed by atoms with Crippen LogP contribution in [-0.4, -0.2) is 11.7 Å². The molecule has 0 aliphatic carbocycles. The highest BCUT2D eigenvalue weighted by molar-refractivity contribution is 5.86. The van der Waals surface area contributed by atoms with E-state index in [1.54, 1.807) is 34.6 Å². The van der Waals surface area contributed by atoms with Crippen LogP contribution in [0, 0.1) is 18.2 Å². The van der Waals surface area contributed by atoms with Gasteiger partial charge in [-0.15, -0.1) is 6.42 Å². The second kappa shape index (κ2) is 5.54. The van der Waals surface area contributed by atoms with Crippen LogP contribution in [0.3, 0.4) is 0 Å². The molecule has 0 spiro atoms. The van der Waals surface area contributed by atoms with E-state index in [4.69, 9.17) is 11.2 Å². The number of carbonyl (C=O) groups is 1. The first-order valence-corrected chi connectivity index (χ1v) is 6.33. The van der Waals surface area contributed by atoms with Crippen LogP contribution >= 0.6 is 0 Å². The average Bonchev–Trinajstić information content (AvgIpc) is 2.29. The van der Waals surface area contributed by atoms with E-state index in [1.807, 2.05) is 0 Å². The van der Waals surface area contributed by atoms with Crippen molar-refractivity contribution >= 4 is 11.8 Å². The number of carbonyl (C=O) groups excluding carboxylic acids is 1. The smallest absolute Gasteiger partial charge is 0.412 e. The number of hydrogen-bond acceptors (Lipinski definition) is 2. The van der Waals surface area contributed by atoms with Crippen LogP contribution in [0.1, 0.15) is 40.2 Å². The van der Waals surface area contributed by atoms with Crippen molar-refractivity contribution in [2.24, 2.45) is 0 Å². The van der Waals surface area contributed by atoms with Gasteiger partial charge in [-0.25, -0.2) is 9.18 Å². The summed E-state index contributed by atoms with van der Waals surface area (Å²) in [6.45, 7) is 8.86. The third kappa shape index (κ3) is 4.27. The highest BCUT2D eigenvalue weighted by atomic mass is 19.1. The van der Waals surface area contributed by atoms with Crippen molar-refractivity contribution in [2.45, 2.75) is 45.6 Å². The van der Waals surface area contributed by atoms with Gasteiger partial charge >= 0.3 is 6.09 Å². The Morgan fingerprint density at radius 3 is 2.40 bits per heavy atom. The number of halogens is 1. The lowest BCUT2D eigenvalue weighted by molar-refractivity contribution is 0.0635. The largest absolute Gasteiger partial charge is 0.444 e. The molecule has 4 heteroatoms. The van der Waals surface area contributed by atoms with E-state index in [9.17, 15) is 9.18 Å². The molecule has 1 N–H and O–H groups in total. The lowest BCUT2D eigenvalue weighted by atomic mass is 9.84. The van der Waals surface area contributed by atoms with Crippen LogP contribution < -0.4 is 5.32 Å². The minimum Gasteiger partial charge on any atom is -0.444 e. The summed E-state index contributed by atoms with van der Waals surface area (Å²) < 4.78 is 18.6. The van der Waals surface area contributed by atoms with Crippen LogP contribution in [-0.2, 0) is 10.2 Å². The Kier molecular flexibility index (Phi) is 4.44. The fourth-order valence-electron chi connectivity index (χ4n) is 1.63. The van der Waals surface area contributed by atoms with Gasteiger partial charge in [0.15, 0.2) is 0 Å². The molecular weight excluding hydrogens is 257 g/mol. The van der Waals surface area contributed by atoms with Gasteiger partial charge in [0.2, 0.25) is 0 Å². The maximum atomic E-state index is 13.4. The predicted octanol–water partition coefficient (Wildman–Crippen LogP) is 4.08. The molecule has 0 heterocycles. The van der Waals surface area contributed by atoms with Crippen molar-refractivity contribution in [1.82, 2.24) is 0 Å². The fourth-order valence-corrected chi connectivity index (χ4v) is 1.63. The van der Waals surface area contributed by atoms with Gasteiger partial charge in [-0.2, -0.15) is 0 Å². The first-order chi connectivity index (χ1) is 9.05. The van der Waals surface area contributed by atoms with Gasteiger partial charge in [-0.1, -0.05) is 5.92 Å². The molecule has 0 atom stereocenters. The van der Waals surface area contributed by atoms with E-state index < -0.39 is 22.9 Å². The average molecular weight is 277 g/mol. The number of nitrogens with one attached hydrogen (secondary N) is 1. The van der Waals surface area contributed by atoms with Crippen molar-refractivity contribution in [1.29, 1.82) is 0 Å². The summed E-state index contributed by atoms with van der Waals surface area (Å²) in [4.78, 5) is 11.8. The molecule has 0 unspecified atom stereocenters. The van der Waals surface area contributed by atoms with Gasteiger partial charge in [0, 0.05) is 5.69 Å². The third-order valence-corrected chi connectivity index (χ3v) is 2.65. The molecule has 0 aliphatic heterocycles. The van der Waals surface area contributed by atoms with Gasteiger partial charge in [0.05, 0.1) is 5.41 Å². The quantitative estimate of drug-likeness (QED) is 0.827. The lowest BCUT2D eigenvalue weighted by Gasteiger charge is -2.24. The number of terminal acetylenes is 1. The zero-order chi connectivity index (χ0) is 15.6. The number of amides is 1. The summed E-state index contributed by atoms with van der Waals surface area (Å²) in [5.74, 6) is 2.18. The summed E-state index contributed by atoms with van der Waals surface area (Å²) in [7, 11) is 0. The van der Waals surface area contributed by atoms with E-state index in [2.05, 4.69) is 11.2 Å². The molecule has 0 aromatic heterocycles. The molecule has 108 valence electrons. The predicted molar refractivity (Wildman–Crippen MR) is 78.1 cm³/mol. The van der Waals surface area contributed by atoms with Gasteiger partial charge in [0.1, 0.15) is 11.4 Å². The minimum absolute atomic E-state index is 0.405. The first-order valence-electron chi connectivity index (χ1n) is 6.33. The molecule has 0 saturated carbocycles. The molecule has 1 amide bonds. The molecule has 0 fully saturated rings. The summed E-state index contributed by atoms with van der Waals surface area (Å²) >= 11 is 0. The van der Waals surface area contributed by atoms with Crippen molar-refractivity contribution in [3.8, 4) is 12.3 Å². The summed E-state index contributed by atoms with van der Waals surface area (Å²) in [5, 5.41) is 2.61. The molecule has 3 nitrogen and oxygen atoms in total. The molecule has 1 aromatic carbocycles. The van der Waals surface area contributed by atoms with Gasteiger partial charge in [0.25, 0.3) is 0 Å². The number of benzene rings is 1. The van der Waals surface area contributed by atoms with E-state index in [-0.39, 0.29) is 0 Å². The molecule has 0 bridgehead atoms. The van der Waals surface area contributed by atoms with Gasteiger partial charge < -0.3 is 4.74 Å². The third-order valence-electron chi connectivity index (χ3n) is 2.65. The number of hydrogen-bond donors (Lipinski definition) is 1. The Labute approximate surface area is 119 Å². The number of rotatable bonds is 2. The monoisotopic (exact) mass is 277 g/mol. The molecular formula is C16H20FNO2. The first kappa shape index (κ1) is 16.0. The van der Waals surface area contributed by atoms with Crippen LogP contribution in [0.2, 0.25) is 0 Å². The molecule has 1 rings (SSSR count). The second-order valence-electron chi connectivity index (χ2n) is 6.09. The number of anilines is 1. The standard InChI is InChI=1S/C16H20FNO2/c1-7-16(5,6)12-10-11(17)8-9-13(12)18-14(19)20-15(2,3)4/h1,8-10H,2-6H3,(H,18,19). The lowest BCUT2D eigenvalue weighted by Crippen LogP contribution is -2.28. The normalized spacial score (nSPS) is 11.7. The van der Waals surface area contributed by atoms with Crippen molar-refractivity contribution in [3.63, 3.8) is 0 Å². The SMILES string of the molecule is C#CC(C)(C)c1cc(F)ccc1NC(=O)OC(C)(C)C. The Balaban J connectivity index is 3.08.